The van der Waals surface area contributed by atoms with E-state index in [4.69, 9.17) is 0 Å². The highest BCUT2D eigenvalue weighted by Crippen LogP contribution is 2.25. The maximum atomic E-state index is 13.9. The molecule has 1 N–H and O–H groups in total. The molecule has 0 bridgehead atoms. The number of hydrogen-bond acceptors (Lipinski definition) is 4. The third kappa shape index (κ3) is 7.92. The lowest BCUT2D eigenvalue weighted by atomic mass is 10.1. The van der Waals surface area contributed by atoms with Gasteiger partial charge in [0.15, 0.2) is 0 Å². The number of carbonyl (C=O) groups excluding carboxylic acids is 2. The molecule has 3 aromatic rings. The molecule has 0 unspecified atom stereocenters. The van der Waals surface area contributed by atoms with Crippen LogP contribution >= 0.6 is 15.9 Å². The van der Waals surface area contributed by atoms with Crippen LogP contribution in [0.15, 0.2) is 82.2 Å². The van der Waals surface area contributed by atoms with Crippen LogP contribution in [0.5, 0.6) is 0 Å². The van der Waals surface area contributed by atoms with Crippen molar-refractivity contribution < 1.29 is 18.0 Å². The van der Waals surface area contributed by atoms with Crippen molar-refractivity contribution in [1.82, 2.24) is 10.2 Å². The van der Waals surface area contributed by atoms with Gasteiger partial charge in [0, 0.05) is 17.1 Å². The van der Waals surface area contributed by atoms with E-state index in [1.165, 1.54) is 17.0 Å². The van der Waals surface area contributed by atoms with Gasteiger partial charge in [-0.25, -0.2) is 8.42 Å². The van der Waals surface area contributed by atoms with Crippen LogP contribution in [0.25, 0.3) is 0 Å². The van der Waals surface area contributed by atoms with E-state index in [-0.39, 0.29) is 23.4 Å². The largest absolute Gasteiger partial charge is 0.352 e. The van der Waals surface area contributed by atoms with Crippen molar-refractivity contribution in [3.63, 3.8) is 0 Å². The quantitative estimate of drug-likeness (QED) is 0.305. The second kappa shape index (κ2) is 13.3. The molecule has 3 rings (SSSR count). The van der Waals surface area contributed by atoms with Crippen LogP contribution in [0, 0.1) is 13.8 Å². The molecule has 39 heavy (non-hydrogen) atoms. The zero-order valence-corrected chi connectivity index (χ0v) is 25.4. The summed E-state index contributed by atoms with van der Waals surface area (Å²) >= 11 is 3.42. The second-order valence-corrected chi connectivity index (χ2v) is 12.6. The fraction of sp³-hybridized carbons (Fsp3) is 0.333. The summed E-state index contributed by atoms with van der Waals surface area (Å²) in [6.45, 7) is 9.01. The summed E-state index contributed by atoms with van der Waals surface area (Å²) in [7, 11) is -4.08. The van der Waals surface area contributed by atoms with Crippen LogP contribution in [-0.2, 0) is 26.2 Å². The lowest BCUT2D eigenvalue weighted by molar-refractivity contribution is -0.139. The molecule has 0 heterocycles. The van der Waals surface area contributed by atoms with Crippen molar-refractivity contribution in [3.05, 3.63) is 94.0 Å². The van der Waals surface area contributed by atoms with E-state index in [1.807, 2.05) is 52.0 Å². The molecule has 0 aliphatic carbocycles. The molecule has 0 spiro atoms. The number of aryl methyl sites for hydroxylation is 2. The van der Waals surface area contributed by atoms with Gasteiger partial charge in [-0.15, -0.1) is 0 Å². The van der Waals surface area contributed by atoms with Crippen LogP contribution in [0.4, 0.5) is 5.69 Å². The molecule has 0 fully saturated rings. The van der Waals surface area contributed by atoms with Crippen molar-refractivity contribution >= 4 is 43.5 Å². The highest BCUT2D eigenvalue weighted by molar-refractivity contribution is 9.10. The van der Waals surface area contributed by atoms with E-state index in [1.54, 1.807) is 43.3 Å². The van der Waals surface area contributed by atoms with Crippen LogP contribution in [0.1, 0.15) is 43.9 Å². The highest BCUT2D eigenvalue weighted by Gasteiger charge is 2.32. The van der Waals surface area contributed by atoms with Crippen LogP contribution in [0.3, 0.4) is 0 Å². The molecular formula is C30H36BrN3O4S. The Morgan fingerprint density at radius 2 is 1.41 bits per heavy atom. The summed E-state index contributed by atoms with van der Waals surface area (Å²) in [5.41, 5.74) is 3.08. The molecule has 208 valence electrons. The van der Waals surface area contributed by atoms with Crippen molar-refractivity contribution in [2.75, 3.05) is 10.8 Å². The second-order valence-electron chi connectivity index (χ2n) is 9.80. The standard InChI is InChI=1S/C30H36BrN3O4S/c1-6-23(4)32-30(36)24(5)33(19-25-11-13-26(31)14-12-25)29(35)20-34(27-15-7-21(2)8-16-27)39(37,38)28-17-9-22(3)10-18-28/h7-18,23-24H,6,19-20H2,1-5H3,(H,32,36)/t23-,24-/m0/s1. The molecule has 7 nitrogen and oxygen atoms in total. The SMILES string of the molecule is CC[C@H](C)NC(=O)[C@H](C)N(Cc1ccc(Br)cc1)C(=O)CN(c1ccc(C)cc1)S(=O)(=O)c1ccc(C)cc1. The molecular weight excluding hydrogens is 578 g/mol. The van der Waals surface area contributed by atoms with Gasteiger partial charge in [0.25, 0.3) is 10.0 Å². The number of rotatable bonds is 11. The monoisotopic (exact) mass is 613 g/mol. The summed E-state index contributed by atoms with van der Waals surface area (Å²) in [6, 6.07) is 20.1. The van der Waals surface area contributed by atoms with E-state index in [0.29, 0.717) is 5.69 Å². The molecule has 9 heteroatoms. The first-order valence-corrected chi connectivity index (χ1v) is 15.2. The number of halogens is 1. The van der Waals surface area contributed by atoms with E-state index in [2.05, 4.69) is 21.2 Å². The van der Waals surface area contributed by atoms with Crippen molar-refractivity contribution in [2.45, 2.75) is 64.6 Å². The first-order valence-electron chi connectivity index (χ1n) is 12.9. The fourth-order valence-corrected chi connectivity index (χ4v) is 5.59. The average Bonchev–Trinajstić information content (AvgIpc) is 2.91. The number of carbonyl (C=O) groups is 2. The molecule has 3 aromatic carbocycles. The van der Waals surface area contributed by atoms with Gasteiger partial charge in [-0.2, -0.15) is 0 Å². The Balaban J connectivity index is 2.01. The topological polar surface area (TPSA) is 86.8 Å². The maximum absolute atomic E-state index is 13.9. The Kier molecular flexibility index (Phi) is 10.3. The van der Waals surface area contributed by atoms with Gasteiger partial charge in [-0.1, -0.05) is 70.4 Å². The minimum Gasteiger partial charge on any atom is -0.352 e. The fourth-order valence-electron chi connectivity index (χ4n) is 3.91. The third-order valence-corrected chi connectivity index (χ3v) is 8.96. The van der Waals surface area contributed by atoms with Gasteiger partial charge < -0.3 is 10.2 Å². The van der Waals surface area contributed by atoms with E-state index in [0.717, 1.165) is 31.9 Å². The normalized spacial score (nSPS) is 12.9. The number of sulfonamides is 1. The van der Waals surface area contributed by atoms with Gasteiger partial charge in [-0.05, 0) is 76.1 Å². The Bertz CT molecular complexity index is 1380. The zero-order chi connectivity index (χ0) is 28.7. The number of amides is 2. The van der Waals surface area contributed by atoms with E-state index in [9.17, 15) is 18.0 Å². The van der Waals surface area contributed by atoms with Crippen molar-refractivity contribution in [1.29, 1.82) is 0 Å². The molecule has 2 atom stereocenters. The Morgan fingerprint density at radius 1 is 0.872 bits per heavy atom. The maximum Gasteiger partial charge on any atom is 0.264 e. The highest BCUT2D eigenvalue weighted by atomic mass is 79.9. The molecule has 0 saturated carbocycles. The number of nitrogens with one attached hydrogen (secondary N) is 1. The van der Waals surface area contributed by atoms with Crippen LogP contribution < -0.4 is 9.62 Å². The molecule has 0 aliphatic rings. The Morgan fingerprint density at radius 3 is 1.95 bits per heavy atom. The predicted molar refractivity (Wildman–Crippen MR) is 159 cm³/mol. The lowest BCUT2D eigenvalue weighted by Crippen LogP contribution is -2.52. The van der Waals surface area contributed by atoms with Crippen LogP contribution in [0.2, 0.25) is 0 Å². The summed E-state index contributed by atoms with van der Waals surface area (Å²) in [5, 5.41) is 2.94. The zero-order valence-electron chi connectivity index (χ0n) is 23.0. The smallest absolute Gasteiger partial charge is 0.264 e. The Labute approximate surface area is 240 Å². The molecule has 0 aromatic heterocycles. The Hall–Kier alpha value is -3.17. The van der Waals surface area contributed by atoms with E-state index >= 15 is 0 Å². The van der Waals surface area contributed by atoms with Crippen molar-refractivity contribution in [3.8, 4) is 0 Å². The minimum atomic E-state index is -4.08. The number of anilines is 1. The summed E-state index contributed by atoms with van der Waals surface area (Å²) in [4.78, 5) is 28.6. The first-order chi connectivity index (χ1) is 18.4. The van der Waals surface area contributed by atoms with Gasteiger partial charge in [0.1, 0.15) is 12.6 Å². The number of nitrogens with zero attached hydrogens (tertiary/aromatic N) is 2. The summed E-state index contributed by atoms with van der Waals surface area (Å²) in [6.07, 6.45) is 0.745. The average molecular weight is 615 g/mol. The van der Waals surface area contributed by atoms with Gasteiger partial charge in [0.2, 0.25) is 11.8 Å². The van der Waals surface area contributed by atoms with E-state index < -0.39 is 28.5 Å². The van der Waals surface area contributed by atoms with Gasteiger partial charge in [-0.3, -0.25) is 13.9 Å². The van der Waals surface area contributed by atoms with Crippen LogP contribution in [-0.4, -0.2) is 43.8 Å². The number of hydrogen-bond donors (Lipinski definition) is 1. The third-order valence-electron chi connectivity index (χ3n) is 6.64. The van der Waals surface area contributed by atoms with Gasteiger partial charge in [0.05, 0.1) is 10.6 Å². The summed E-state index contributed by atoms with van der Waals surface area (Å²) < 4.78 is 29.7. The predicted octanol–water partition coefficient (Wildman–Crippen LogP) is 5.59. The van der Waals surface area contributed by atoms with Gasteiger partial charge >= 0.3 is 0 Å². The first kappa shape index (κ1) is 30.4. The molecule has 0 radical (unpaired) electrons. The number of benzene rings is 3. The lowest BCUT2D eigenvalue weighted by Gasteiger charge is -2.32. The molecule has 0 aliphatic heterocycles. The summed E-state index contributed by atoms with van der Waals surface area (Å²) in [5.74, 6) is -0.779. The van der Waals surface area contributed by atoms with Crippen molar-refractivity contribution in [2.24, 2.45) is 0 Å². The molecule has 2 amide bonds. The molecule has 0 saturated heterocycles. The minimum absolute atomic E-state index is 0.0597.